The summed E-state index contributed by atoms with van der Waals surface area (Å²) in [5, 5.41) is 6.98. The number of carbonyl (C=O) groups excluding carboxylic acids is 1. The van der Waals surface area contributed by atoms with E-state index in [0.717, 1.165) is 56.2 Å². The van der Waals surface area contributed by atoms with Gasteiger partial charge in [0.25, 0.3) is 5.91 Å². The monoisotopic (exact) mass is 429 g/mol. The number of hydrogen-bond acceptors (Lipinski definition) is 5. The van der Waals surface area contributed by atoms with E-state index in [9.17, 15) is 4.79 Å². The molecule has 3 heterocycles. The van der Waals surface area contributed by atoms with Gasteiger partial charge in [0.1, 0.15) is 11.8 Å². The molecule has 160 valence electrons. The molecule has 1 aromatic carbocycles. The number of furan rings is 1. The molecule has 1 saturated heterocycles. The molecule has 1 fully saturated rings. The maximum atomic E-state index is 13.2. The Balaban J connectivity index is 1.44. The van der Waals surface area contributed by atoms with Crippen LogP contribution in [-0.2, 0) is 9.53 Å². The number of rotatable bonds is 7. The maximum Gasteiger partial charge on any atom is 0.257 e. The molecule has 0 spiro atoms. The molecule has 2 aliphatic heterocycles. The first-order valence-electron chi connectivity index (χ1n) is 10.6. The van der Waals surface area contributed by atoms with Gasteiger partial charge in [0, 0.05) is 24.7 Å². The fourth-order valence-corrected chi connectivity index (χ4v) is 4.25. The van der Waals surface area contributed by atoms with E-state index in [2.05, 4.69) is 4.90 Å². The molecule has 1 amide bonds. The number of hydrogen-bond donors (Lipinski definition) is 0. The van der Waals surface area contributed by atoms with Crippen LogP contribution < -0.4 is 0 Å². The number of hydrazone groups is 1. The summed E-state index contributed by atoms with van der Waals surface area (Å²) < 4.78 is 11.2. The third kappa shape index (κ3) is 4.94. The second kappa shape index (κ2) is 9.77. The van der Waals surface area contributed by atoms with Crippen LogP contribution in [0.15, 0.2) is 52.2 Å². The Kier molecular flexibility index (Phi) is 6.87. The number of nitrogens with zero attached hydrogens (tertiary/aromatic N) is 3. The molecule has 4 rings (SSSR count). The van der Waals surface area contributed by atoms with Gasteiger partial charge in [-0.3, -0.25) is 9.69 Å². The van der Waals surface area contributed by atoms with Crippen LogP contribution in [0.1, 0.15) is 43.6 Å². The predicted molar refractivity (Wildman–Crippen MR) is 117 cm³/mol. The van der Waals surface area contributed by atoms with Gasteiger partial charge in [0.2, 0.25) is 0 Å². The van der Waals surface area contributed by atoms with Gasteiger partial charge in [-0.15, -0.1) is 0 Å². The fourth-order valence-electron chi connectivity index (χ4n) is 4.12. The highest BCUT2D eigenvalue weighted by atomic mass is 35.5. The van der Waals surface area contributed by atoms with Crippen LogP contribution in [0, 0.1) is 5.92 Å². The lowest BCUT2D eigenvalue weighted by Gasteiger charge is -2.32. The minimum absolute atomic E-state index is 0.00335. The molecule has 0 saturated carbocycles. The van der Waals surface area contributed by atoms with Crippen molar-refractivity contribution < 1.29 is 13.9 Å². The molecule has 0 N–H and O–H groups in total. The van der Waals surface area contributed by atoms with Gasteiger partial charge >= 0.3 is 0 Å². The standard InChI is InChI=1S/C23H28ClN3O3/c1-2-29-16-17-9-11-26(12-10-17)15-23(28)27-21(22-4-3-13-30-22)14-20(25-27)18-5-7-19(24)8-6-18/h3-8,13,17,21H,2,9-12,14-16H2,1H3. The van der Waals surface area contributed by atoms with E-state index in [1.165, 1.54) is 0 Å². The molecule has 6 nitrogen and oxygen atoms in total. The smallest absolute Gasteiger partial charge is 0.257 e. The number of amides is 1. The van der Waals surface area contributed by atoms with Crippen molar-refractivity contribution in [1.29, 1.82) is 0 Å². The third-order valence-electron chi connectivity index (χ3n) is 5.84. The van der Waals surface area contributed by atoms with Crippen LogP contribution in [0.25, 0.3) is 0 Å². The number of benzene rings is 1. The van der Waals surface area contributed by atoms with Gasteiger partial charge in [-0.2, -0.15) is 5.10 Å². The Labute approximate surface area is 182 Å². The second-order valence-electron chi connectivity index (χ2n) is 7.91. The molecule has 0 bridgehead atoms. The van der Waals surface area contributed by atoms with E-state index in [0.29, 0.717) is 23.9 Å². The Morgan fingerprint density at radius 2 is 2.00 bits per heavy atom. The molecule has 30 heavy (non-hydrogen) atoms. The number of piperidine rings is 1. The fraction of sp³-hybridized carbons (Fsp3) is 0.478. The van der Waals surface area contributed by atoms with E-state index >= 15 is 0 Å². The lowest BCUT2D eigenvalue weighted by molar-refractivity contribution is -0.135. The Morgan fingerprint density at radius 3 is 2.67 bits per heavy atom. The number of carbonyl (C=O) groups is 1. The van der Waals surface area contributed by atoms with E-state index in [1.54, 1.807) is 11.3 Å². The highest BCUT2D eigenvalue weighted by Crippen LogP contribution is 2.33. The summed E-state index contributed by atoms with van der Waals surface area (Å²) in [4.78, 5) is 15.4. The summed E-state index contributed by atoms with van der Waals surface area (Å²) >= 11 is 6.02. The van der Waals surface area contributed by atoms with Crippen LogP contribution in [0.5, 0.6) is 0 Å². The van der Waals surface area contributed by atoms with Crippen LogP contribution in [0.2, 0.25) is 5.02 Å². The second-order valence-corrected chi connectivity index (χ2v) is 8.34. The van der Waals surface area contributed by atoms with Crippen LogP contribution in [0.3, 0.4) is 0 Å². The lowest BCUT2D eigenvalue weighted by Crippen LogP contribution is -2.42. The van der Waals surface area contributed by atoms with E-state index in [4.69, 9.17) is 25.9 Å². The molecule has 2 aliphatic rings. The summed E-state index contributed by atoms with van der Waals surface area (Å²) in [5.41, 5.74) is 1.85. The average molecular weight is 430 g/mol. The highest BCUT2D eigenvalue weighted by Gasteiger charge is 2.35. The molecule has 0 radical (unpaired) electrons. The first-order chi connectivity index (χ1) is 14.6. The largest absolute Gasteiger partial charge is 0.467 e. The first-order valence-corrected chi connectivity index (χ1v) is 11.0. The number of likely N-dealkylation sites (tertiary alicyclic amines) is 1. The first kappa shape index (κ1) is 21.1. The van der Waals surface area contributed by atoms with Crippen LogP contribution >= 0.6 is 11.6 Å². The zero-order chi connectivity index (χ0) is 20.9. The molecular weight excluding hydrogens is 402 g/mol. The zero-order valence-corrected chi connectivity index (χ0v) is 18.1. The Hall–Kier alpha value is -2.15. The SMILES string of the molecule is CCOCC1CCN(CC(=O)N2N=C(c3ccc(Cl)cc3)CC2c2ccco2)CC1. The molecule has 1 atom stereocenters. The number of ether oxygens (including phenoxy) is 1. The quantitative estimate of drug-likeness (QED) is 0.656. The highest BCUT2D eigenvalue weighted by molar-refractivity contribution is 6.30. The van der Waals surface area contributed by atoms with Crippen molar-refractivity contribution in [3.8, 4) is 0 Å². The van der Waals surface area contributed by atoms with E-state index in [1.807, 2.05) is 43.3 Å². The molecule has 2 aromatic rings. The van der Waals surface area contributed by atoms with Crippen molar-refractivity contribution in [2.45, 2.75) is 32.2 Å². The summed E-state index contributed by atoms with van der Waals surface area (Å²) in [7, 11) is 0. The minimum atomic E-state index is -0.214. The van der Waals surface area contributed by atoms with Crippen LogP contribution in [-0.4, -0.2) is 54.4 Å². The van der Waals surface area contributed by atoms with Gasteiger partial charge in [0.15, 0.2) is 0 Å². The average Bonchev–Trinajstić information content (AvgIpc) is 3.44. The van der Waals surface area contributed by atoms with Gasteiger partial charge in [-0.25, -0.2) is 5.01 Å². The predicted octanol–water partition coefficient (Wildman–Crippen LogP) is 4.36. The summed E-state index contributed by atoms with van der Waals surface area (Å²) in [5.74, 6) is 1.35. The van der Waals surface area contributed by atoms with Crippen molar-refractivity contribution in [1.82, 2.24) is 9.91 Å². The third-order valence-corrected chi connectivity index (χ3v) is 6.09. The van der Waals surface area contributed by atoms with Gasteiger partial charge in [0.05, 0.1) is 18.5 Å². The van der Waals surface area contributed by atoms with Crippen LogP contribution in [0.4, 0.5) is 0 Å². The Morgan fingerprint density at radius 1 is 1.23 bits per heavy atom. The Bertz CT molecular complexity index is 858. The lowest BCUT2D eigenvalue weighted by atomic mass is 9.98. The van der Waals surface area contributed by atoms with E-state index < -0.39 is 0 Å². The van der Waals surface area contributed by atoms with Crippen molar-refractivity contribution in [3.05, 3.63) is 59.0 Å². The summed E-state index contributed by atoms with van der Waals surface area (Å²) in [6.07, 6.45) is 4.39. The summed E-state index contributed by atoms with van der Waals surface area (Å²) in [6.45, 7) is 5.80. The summed E-state index contributed by atoms with van der Waals surface area (Å²) in [6, 6.07) is 11.1. The molecule has 0 aliphatic carbocycles. The van der Waals surface area contributed by atoms with E-state index in [-0.39, 0.29) is 11.9 Å². The maximum absolute atomic E-state index is 13.2. The van der Waals surface area contributed by atoms with Crippen molar-refractivity contribution in [3.63, 3.8) is 0 Å². The minimum Gasteiger partial charge on any atom is -0.467 e. The van der Waals surface area contributed by atoms with Gasteiger partial charge < -0.3 is 9.15 Å². The molecular formula is C23H28ClN3O3. The molecule has 1 unspecified atom stereocenters. The zero-order valence-electron chi connectivity index (χ0n) is 17.3. The normalized spacial score (nSPS) is 20.5. The van der Waals surface area contributed by atoms with Crippen molar-refractivity contribution in [2.24, 2.45) is 11.0 Å². The van der Waals surface area contributed by atoms with Gasteiger partial charge in [-0.05, 0) is 68.6 Å². The van der Waals surface area contributed by atoms with Gasteiger partial charge in [-0.1, -0.05) is 23.7 Å². The topological polar surface area (TPSA) is 58.3 Å². The van der Waals surface area contributed by atoms with Crippen molar-refractivity contribution >= 4 is 23.2 Å². The number of halogens is 1. The van der Waals surface area contributed by atoms with Crippen molar-refractivity contribution in [2.75, 3.05) is 32.8 Å². The molecule has 7 heteroatoms. The molecule has 1 aromatic heterocycles.